The molecular weight excluding hydrogens is 584 g/mol. The molecule has 3 aromatic carbocycles. The number of fused-ring (bicyclic) bond motifs is 1. The van der Waals surface area contributed by atoms with E-state index in [1.807, 2.05) is 63.2 Å². The number of aromatic nitrogens is 1. The van der Waals surface area contributed by atoms with E-state index in [-0.39, 0.29) is 24.6 Å². The normalized spacial score (nSPS) is 13.2. The van der Waals surface area contributed by atoms with E-state index in [1.165, 1.54) is 6.07 Å². The second-order valence-corrected chi connectivity index (χ2v) is 12.1. The summed E-state index contributed by atoms with van der Waals surface area (Å²) in [5.74, 6) is -2.42. The van der Waals surface area contributed by atoms with Crippen molar-refractivity contribution < 1.29 is 24.3 Å². The van der Waals surface area contributed by atoms with Crippen LogP contribution in [-0.2, 0) is 16.0 Å². The molecule has 4 rings (SSSR count). The van der Waals surface area contributed by atoms with Gasteiger partial charge in [-0.05, 0) is 57.0 Å². The summed E-state index contributed by atoms with van der Waals surface area (Å²) in [4.78, 5) is 55.9. The number of benzene rings is 3. The molecule has 4 aromatic rings. The highest BCUT2D eigenvalue weighted by atomic mass is 16.3. The summed E-state index contributed by atoms with van der Waals surface area (Å²) >= 11 is 0. The third-order valence-electron chi connectivity index (χ3n) is 7.11. The van der Waals surface area contributed by atoms with Crippen molar-refractivity contribution in [2.75, 3.05) is 11.9 Å². The summed E-state index contributed by atoms with van der Waals surface area (Å²) < 4.78 is 0. The van der Waals surface area contributed by atoms with Gasteiger partial charge in [-0.3, -0.25) is 19.2 Å². The van der Waals surface area contributed by atoms with Crippen LogP contribution in [0.1, 0.15) is 53.6 Å². The Morgan fingerprint density at radius 3 is 2.22 bits per heavy atom. The van der Waals surface area contributed by atoms with Gasteiger partial charge in [0.25, 0.3) is 11.8 Å². The van der Waals surface area contributed by atoms with Crippen molar-refractivity contribution >= 4 is 40.2 Å². The second kappa shape index (κ2) is 15.1. The smallest absolute Gasteiger partial charge is 0.270 e. The van der Waals surface area contributed by atoms with Crippen molar-refractivity contribution in [3.8, 4) is 0 Å². The Balaban J connectivity index is 1.51. The number of primary amides is 1. The Kier molecular flexibility index (Phi) is 11.1. The third kappa shape index (κ3) is 9.60. The Labute approximate surface area is 268 Å². The zero-order valence-corrected chi connectivity index (χ0v) is 26.1. The summed E-state index contributed by atoms with van der Waals surface area (Å²) in [6.45, 7) is 5.63. The number of para-hydroxylation sites is 2. The van der Waals surface area contributed by atoms with Gasteiger partial charge in [-0.2, -0.15) is 0 Å². The van der Waals surface area contributed by atoms with E-state index in [4.69, 9.17) is 5.73 Å². The number of nitrogens with two attached hydrogens (primary N) is 1. The molecule has 0 aliphatic rings. The first-order valence-corrected chi connectivity index (χ1v) is 15.0. The van der Waals surface area contributed by atoms with E-state index in [1.54, 1.807) is 42.5 Å². The SMILES string of the molecule is CC(C)(C)NC(=O)c1ccccc1NC[C@H](O)[C@H](Cc1ccccc1)NC(=O)[C@H](CC(N)=O)NC(=O)c1ccc2ccccc2n1. The van der Waals surface area contributed by atoms with Crippen molar-refractivity contribution in [1.82, 2.24) is 20.9 Å². The van der Waals surface area contributed by atoms with E-state index in [2.05, 4.69) is 26.3 Å². The van der Waals surface area contributed by atoms with E-state index < -0.39 is 47.9 Å². The van der Waals surface area contributed by atoms with Crippen LogP contribution in [0, 0.1) is 0 Å². The van der Waals surface area contributed by atoms with Crippen molar-refractivity contribution in [3.05, 3.63) is 108 Å². The molecule has 1 heterocycles. The molecule has 0 saturated carbocycles. The number of nitrogens with zero attached hydrogens (tertiary/aromatic N) is 1. The number of carbonyl (C=O) groups excluding carboxylic acids is 4. The predicted molar refractivity (Wildman–Crippen MR) is 177 cm³/mol. The van der Waals surface area contributed by atoms with Crippen LogP contribution in [-0.4, -0.2) is 64.0 Å². The molecule has 0 unspecified atom stereocenters. The van der Waals surface area contributed by atoms with Gasteiger partial charge >= 0.3 is 0 Å². The Morgan fingerprint density at radius 2 is 1.50 bits per heavy atom. The summed E-state index contributed by atoms with van der Waals surface area (Å²) in [7, 11) is 0. The summed E-state index contributed by atoms with van der Waals surface area (Å²) in [6.07, 6.45) is -1.37. The van der Waals surface area contributed by atoms with Crippen LogP contribution in [0.5, 0.6) is 0 Å². The number of aliphatic hydroxyl groups is 1. The fourth-order valence-corrected chi connectivity index (χ4v) is 4.87. The molecule has 0 fully saturated rings. The van der Waals surface area contributed by atoms with Crippen LogP contribution in [0.25, 0.3) is 10.9 Å². The standard InChI is InChI=1S/C35H40N6O5/c1-35(2,3)41-32(44)24-14-8-10-16-26(24)37-21-30(42)28(19-22-11-5-4-6-12-22)39-34(46)29(20-31(36)43)40-33(45)27-18-17-23-13-7-9-15-25(23)38-27/h4-18,28-30,37,42H,19-21H2,1-3H3,(H2,36,43)(H,39,46)(H,40,45)(H,41,44)/t28-,29-,30-/m0/s1. The topological polar surface area (TPSA) is 176 Å². The molecule has 240 valence electrons. The quantitative estimate of drug-likeness (QED) is 0.133. The fourth-order valence-electron chi connectivity index (χ4n) is 4.87. The number of anilines is 1. The van der Waals surface area contributed by atoms with Crippen LogP contribution in [0.2, 0.25) is 0 Å². The van der Waals surface area contributed by atoms with Gasteiger partial charge < -0.3 is 32.1 Å². The zero-order valence-electron chi connectivity index (χ0n) is 26.1. The number of carbonyl (C=O) groups is 4. The van der Waals surface area contributed by atoms with Crippen molar-refractivity contribution in [2.24, 2.45) is 5.73 Å². The number of aliphatic hydroxyl groups excluding tert-OH is 1. The predicted octanol–water partition coefficient (Wildman–Crippen LogP) is 2.94. The number of pyridine rings is 1. The maximum Gasteiger partial charge on any atom is 0.270 e. The molecule has 3 atom stereocenters. The van der Waals surface area contributed by atoms with E-state index >= 15 is 0 Å². The molecule has 7 N–H and O–H groups in total. The minimum atomic E-state index is -1.32. The average molecular weight is 625 g/mol. The minimum absolute atomic E-state index is 0.0224. The van der Waals surface area contributed by atoms with Gasteiger partial charge in [0.05, 0.1) is 29.6 Å². The van der Waals surface area contributed by atoms with Gasteiger partial charge in [-0.1, -0.05) is 66.7 Å². The largest absolute Gasteiger partial charge is 0.389 e. The number of amides is 4. The van der Waals surface area contributed by atoms with Gasteiger partial charge in [0.1, 0.15) is 11.7 Å². The van der Waals surface area contributed by atoms with Gasteiger partial charge in [-0.25, -0.2) is 4.98 Å². The lowest BCUT2D eigenvalue weighted by Crippen LogP contribution is -2.55. The molecule has 46 heavy (non-hydrogen) atoms. The lowest BCUT2D eigenvalue weighted by molar-refractivity contribution is -0.128. The van der Waals surface area contributed by atoms with Crippen LogP contribution in [0.15, 0.2) is 91.0 Å². The highest BCUT2D eigenvalue weighted by molar-refractivity contribution is 6.00. The molecule has 4 amide bonds. The fraction of sp³-hybridized carbons (Fsp3) is 0.286. The molecule has 11 nitrogen and oxygen atoms in total. The highest BCUT2D eigenvalue weighted by Crippen LogP contribution is 2.18. The Bertz CT molecular complexity index is 1690. The lowest BCUT2D eigenvalue weighted by atomic mass is 9.99. The van der Waals surface area contributed by atoms with Crippen molar-refractivity contribution in [2.45, 2.75) is 57.3 Å². The first kappa shape index (κ1) is 33.6. The third-order valence-corrected chi connectivity index (χ3v) is 7.11. The van der Waals surface area contributed by atoms with Crippen molar-refractivity contribution in [3.63, 3.8) is 0 Å². The van der Waals surface area contributed by atoms with Gasteiger partial charge in [0.15, 0.2) is 0 Å². The molecule has 0 bridgehead atoms. The average Bonchev–Trinajstić information content (AvgIpc) is 3.02. The maximum atomic E-state index is 13.6. The molecule has 11 heteroatoms. The first-order chi connectivity index (χ1) is 21.9. The number of hydrogen-bond acceptors (Lipinski definition) is 7. The molecule has 1 aromatic heterocycles. The molecular formula is C35H40N6O5. The summed E-state index contributed by atoms with van der Waals surface area (Å²) in [5, 5.41) is 23.7. The van der Waals surface area contributed by atoms with E-state index in [9.17, 15) is 24.3 Å². The zero-order chi connectivity index (χ0) is 33.3. The second-order valence-electron chi connectivity index (χ2n) is 12.1. The summed E-state index contributed by atoms with van der Waals surface area (Å²) in [5.41, 5.74) is 7.42. The monoisotopic (exact) mass is 624 g/mol. The van der Waals surface area contributed by atoms with Crippen LogP contribution >= 0.6 is 0 Å². The molecule has 0 aliphatic heterocycles. The first-order valence-electron chi connectivity index (χ1n) is 15.0. The Hall–Kier alpha value is -5.29. The summed E-state index contributed by atoms with van der Waals surface area (Å²) in [6, 6.07) is 24.6. The number of nitrogens with one attached hydrogen (secondary N) is 4. The Morgan fingerprint density at radius 1 is 0.826 bits per heavy atom. The van der Waals surface area contributed by atoms with Crippen LogP contribution in [0.3, 0.4) is 0 Å². The van der Waals surface area contributed by atoms with Crippen LogP contribution in [0.4, 0.5) is 5.69 Å². The van der Waals surface area contributed by atoms with Gasteiger partial charge in [-0.15, -0.1) is 0 Å². The molecule has 0 aliphatic carbocycles. The number of hydrogen-bond donors (Lipinski definition) is 6. The molecule has 0 saturated heterocycles. The lowest BCUT2D eigenvalue weighted by Gasteiger charge is -2.28. The van der Waals surface area contributed by atoms with Crippen molar-refractivity contribution in [1.29, 1.82) is 0 Å². The highest BCUT2D eigenvalue weighted by Gasteiger charge is 2.29. The minimum Gasteiger partial charge on any atom is -0.389 e. The van der Waals surface area contributed by atoms with Gasteiger partial charge in [0.2, 0.25) is 11.8 Å². The molecule has 0 spiro atoms. The van der Waals surface area contributed by atoms with Crippen LogP contribution < -0.4 is 27.0 Å². The maximum absolute atomic E-state index is 13.6. The van der Waals surface area contributed by atoms with Gasteiger partial charge in [0, 0.05) is 23.2 Å². The molecule has 0 radical (unpaired) electrons. The van der Waals surface area contributed by atoms with E-state index in [0.29, 0.717) is 16.8 Å². The number of rotatable bonds is 13. The van der Waals surface area contributed by atoms with E-state index in [0.717, 1.165) is 10.9 Å².